The molecular weight excluding hydrogens is 240 g/mol. The van der Waals surface area contributed by atoms with Crippen LogP contribution in [0.2, 0.25) is 0 Å². The highest BCUT2D eigenvalue weighted by molar-refractivity contribution is 5.85. The lowest BCUT2D eigenvalue weighted by Gasteiger charge is -2.36. The van der Waals surface area contributed by atoms with Gasteiger partial charge in [-0.15, -0.1) is 0 Å². The summed E-state index contributed by atoms with van der Waals surface area (Å²) in [6, 6.07) is 5.90. The summed E-state index contributed by atoms with van der Waals surface area (Å²) in [5.41, 5.74) is 8.41. The van der Waals surface area contributed by atoms with Crippen molar-refractivity contribution in [2.24, 2.45) is 0 Å². The first kappa shape index (κ1) is 13.9. The summed E-state index contributed by atoms with van der Waals surface area (Å²) in [5.74, 6) is 0.0607. The van der Waals surface area contributed by atoms with Crippen molar-refractivity contribution in [1.82, 2.24) is 4.90 Å². The molecule has 0 bridgehead atoms. The predicted octanol–water partition coefficient (Wildman–Crippen LogP) is 1.97. The number of fused-ring (bicyclic) bond motifs is 1. The second-order valence-corrected chi connectivity index (χ2v) is 5.25. The Balaban J connectivity index is 2.21. The van der Waals surface area contributed by atoms with Gasteiger partial charge in [-0.25, -0.2) is 0 Å². The van der Waals surface area contributed by atoms with Crippen LogP contribution in [0.25, 0.3) is 0 Å². The van der Waals surface area contributed by atoms with Crippen LogP contribution in [0.4, 0.5) is 5.69 Å². The molecule has 0 saturated carbocycles. The number of carbonyl (C=O) groups is 1. The Hall–Kier alpha value is -1.55. The summed E-state index contributed by atoms with van der Waals surface area (Å²) in [7, 11) is 1.59. The van der Waals surface area contributed by atoms with Gasteiger partial charge in [0.25, 0.3) is 5.91 Å². The average Bonchev–Trinajstić information content (AvgIpc) is 2.45. The monoisotopic (exact) mass is 262 g/mol. The predicted molar refractivity (Wildman–Crippen MR) is 75.7 cm³/mol. The number of ether oxygens (including phenoxy) is 1. The molecule has 104 valence electrons. The molecule has 1 unspecified atom stereocenters. The Morgan fingerprint density at radius 3 is 2.89 bits per heavy atom. The molecule has 0 spiro atoms. The summed E-state index contributed by atoms with van der Waals surface area (Å²) in [5, 5.41) is 0. The van der Waals surface area contributed by atoms with Crippen LogP contribution in [0.15, 0.2) is 18.2 Å². The molecule has 0 saturated heterocycles. The van der Waals surface area contributed by atoms with E-state index in [0.717, 1.165) is 17.7 Å². The summed E-state index contributed by atoms with van der Waals surface area (Å²) in [6.45, 7) is 5.15. The Morgan fingerprint density at radius 1 is 1.53 bits per heavy atom. The Morgan fingerprint density at radius 2 is 2.26 bits per heavy atom. The zero-order valence-corrected chi connectivity index (χ0v) is 11.9. The van der Waals surface area contributed by atoms with Gasteiger partial charge in [-0.1, -0.05) is 19.1 Å². The fourth-order valence-electron chi connectivity index (χ4n) is 2.53. The number of benzene rings is 1. The van der Waals surface area contributed by atoms with Crippen molar-refractivity contribution in [2.75, 3.05) is 19.4 Å². The van der Waals surface area contributed by atoms with E-state index in [1.165, 1.54) is 5.56 Å². The largest absolute Gasteiger partial charge is 0.398 e. The number of carbonyl (C=O) groups excluding carboxylic acids is 1. The van der Waals surface area contributed by atoms with Gasteiger partial charge in [0, 0.05) is 25.9 Å². The minimum atomic E-state index is -0.724. The van der Waals surface area contributed by atoms with Crippen molar-refractivity contribution in [3.8, 4) is 0 Å². The van der Waals surface area contributed by atoms with Crippen molar-refractivity contribution < 1.29 is 9.53 Å². The topological polar surface area (TPSA) is 55.6 Å². The van der Waals surface area contributed by atoms with E-state index in [2.05, 4.69) is 0 Å². The standard InChI is InChI=1S/C15H22N2O2/c1-4-15(2,19-3)14(18)17-9-8-12-11(10-17)6-5-7-13(12)16/h5-7H,4,8-10,16H2,1-3H3. The Bertz CT molecular complexity index is 481. The van der Waals surface area contributed by atoms with Gasteiger partial charge < -0.3 is 15.4 Å². The van der Waals surface area contributed by atoms with Crippen molar-refractivity contribution in [2.45, 2.75) is 38.8 Å². The van der Waals surface area contributed by atoms with Gasteiger partial charge in [0.2, 0.25) is 0 Å². The lowest BCUT2D eigenvalue weighted by Crippen LogP contribution is -2.49. The number of nitrogens with two attached hydrogens (primary N) is 1. The van der Waals surface area contributed by atoms with E-state index < -0.39 is 5.60 Å². The third-order valence-electron chi connectivity index (χ3n) is 4.17. The van der Waals surface area contributed by atoms with E-state index in [0.29, 0.717) is 19.5 Å². The second-order valence-electron chi connectivity index (χ2n) is 5.25. The number of anilines is 1. The van der Waals surface area contributed by atoms with Crippen molar-refractivity contribution >= 4 is 11.6 Å². The van der Waals surface area contributed by atoms with Gasteiger partial charge in [-0.3, -0.25) is 4.79 Å². The van der Waals surface area contributed by atoms with Crippen LogP contribution in [0, 0.1) is 0 Å². The number of amides is 1. The summed E-state index contributed by atoms with van der Waals surface area (Å²) in [6.07, 6.45) is 1.49. The minimum Gasteiger partial charge on any atom is -0.398 e. The summed E-state index contributed by atoms with van der Waals surface area (Å²) < 4.78 is 5.40. The fraction of sp³-hybridized carbons (Fsp3) is 0.533. The van der Waals surface area contributed by atoms with Crippen molar-refractivity contribution in [3.63, 3.8) is 0 Å². The highest BCUT2D eigenvalue weighted by atomic mass is 16.5. The van der Waals surface area contributed by atoms with Gasteiger partial charge in [0.05, 0.1) is 0 Å². The highest BCUT2D eigenvalue weighted by Gasteiger charge is 2.36. The van der Waals surface area contributed by atoms with E-state index in [9.17, 15) is 4.79 Å². The van der Waals surface area contributed by atoms with E-state index in [1.54, 1.807) is 7.11 Å². The number of nitrogen functional groups attached to an aromatic ring is 1. The molecule has 1 aliphatic heterocycles. The summed E-state index contributed by atoms with van der Waals surface area (Å²) in [4.78, 5) is 14.4. The molecule has 0 radical (unpaired) electrons. The Kier molecular flexibility index (Phi) is 3.80. The van der Waals surface area contributed by atoms with E-state index in [4.69, 9.17) is 10.5 Å². The van der Waals surface area contributed by atoms with E-state index in [-0.39, 0.29) is 5.91 Å². The Labute approximate surface area is 114 Å². The number of rotatable bonds is 3. The maximum Gasteiger partial charge on any atom is 0.254 e. The molecule has 1 aromatic rings. The molecule has 2 N–H and O–H groups in total. The van der Waals surface area contributed by atoms with Crippen LogP contribution < -0.4 is 5.73 Å². The van der Waals surface area contributed by atoms with Gasteiger partial charge in [0.1, 0.15) is 5.60 Å². The normalized spacial score (nSPS) is 17.7. The minimum absolute atomic E-state index is 0.0607. The lowest BCUT2D eigenvalue weighted by atomic mass is 9.95. The molecule has 0 aromatic heterocycles. The first-order chi connectivity index (χ1) is 9.01. The molecule has 1 heterocycles. The molecular formula is C15H22N2O2. The maximum atomic E-state index is 12.5. The third kappa shape index (κ3) is 2.45. The van der Waals surface area contributed by atoms with Gasteiger partial charge in [0.15, 0.2) is 0 Å². The SMILES string of the molecule is CCC(C)(OC)C(=O)N1CCc2c(N)cccc2C1. The van der Waals surface area contributed by atoms with Crippen LogP contribution in [0.1, 0.15) is 31.4 Å². The number of nitrogens with zero attached hydrogens (tertiary/aromatic N) is 1. The molecule has 4 nitrogen and oxygen atoms in total. The molecule has 2 rings (SSSR count). The highest BCUT2D eigenvalue weighted by Crippen LogP contribution is 2.27. The smallest absolute Gasteiger partial charge is 0.254 e. The third-order valence-corrected chi connectivity index (χ3v) is 4.17. The number of methoxy groups -OCH3 is 1. The van der Waals surface area contributed by atoms with Crippen LogP contribution >= 0.6 is 0 Å². The average molecular weight is 262 g/mol. The molecule has 1 aliphatic rings. The fourth-order valence-corrected chi connectivity index (χ4v) is 2.53. The number of hydrogen-bond donors (Lipinski definition) is 1. The molecule has 1 amide bonds. The van der Waals surface area contributed by atoms with Gasteiger partial charge in [-0.05, 0) is 37.0 Å². The van der Waals surface area contributed by atoms with Crippen LogP contribution in [-0.2, 0) is 22.5 Å². The quantitative estimate of drug-likeness (QED) is 0.847. The first-order valence-electron chi connectivity index (χ1n) is 6.72. The molecule has 1 atom stereocenters. The van der Waals surface area contributed by atoms with E-state index >= 15 is 0 Å². The van der Waals surface area contributed by atoms with Crippen LogP contribution in [0.5, 0.6) is 0 Å². The van der Waals surface area contributed by atoms with Crippen LogP contribution in [0.3, 0.4) is 0 Å². The van der Waals surface area contributed by atoms with Crippen molar-refractivity contribution in [1.29, 1.82) is 0 Å². The van der Waals surface area contributed by atoms with Crippen molar-refractivity contribution in [3.05, 3.63) is 29.3 Å². The van der Waals surface area contributed by atoms with Gasteiger partial charge >= 0.3 is 0 Å². The maximum absolute atomic E-state index is 12.5. The first-order valence-corrected chi connectivity index (χ1v) is 6.72. The summed E-state index contributed by atoms with van der Waals surface area (Å²) >= 11 is 0. The number of hydrogen-bond acceptors (Lipinski definition) is 3. The van der Waals surface area contributed by atoms with Gasteiger partial charge in [-0.2, -0.15) is 0 Å². The lowest BCUT2D eigenvalue weighted by molar-refractivity contribution is -0.154. The molecule has 1 aromatic carbocycles. The second kappa shape index (κ2) is 5.21. The van der Waals surface area contributed by atoms with Crippen LogP contribution in [-0.4, -0.2) is 30.1 Å². The van der Waals surface area contributed by atoms with E-state index in [1.807, 2.05) is 36.9 Å². The molecule has 4 heteroatoms. The zero-order valence-electron chi connectivity index (χ0n) is 11.9. The molecule has 0 aliphatic carbocycles. The zero-order chi connectivity index (χ0) is 14.0. The molecule has 0 fully saturated rings. The molecule has 19 heavy (non-hydrogen) atoms.